The Morgan fingerprint density at radius 3 is 2.30 bits per heavy atom. The fraction of sp³-hybridized carbons (Fsp3) is 0.688. The van der Waals surface area contributed by atoms with E-state index in [0.717, 1.165) is 19.3 Å². The summed E-state index contributed by atoms with van der Waals surface area (Å²) in [4.78, 5) is 4.23. The number of ether oxygens (including phenoxy) is 1. The maximum atomic E-state index is 12.7. The van der Waals surface area contributed by atoms with Crippen molar-refractivity contribution in [1.29, 1.82) is 0 Å². The summed E-state index contributed by atoms with van der Waals surface area (Å²) in [6.45, 7) is 2.20. The number of rotatable bonds is 10. The lowest BCUT2D eigenvalue weighted by atomic mass is 10.1. The molecular formula is C16H25F2NO. The summed E-state index contributed by atoms with van der Waals surface area (Å²) >= 11 is 0. The predicted molar refractivity (Wildman–Crippen MR) is 77.4 cm³/mol. The number of methoxy groups -OCH3 is 1. The molecule has 0 aliphatic rings. The minimum Gasteiger partial charge on any atom is -0.481 e. The van der Waals surface area contributed by atoms with E-state index in [-0.39, 0.29) is 11.4 Å². The molecule has 0 saturated heterocycles. The summed E-state index contributed by atoms with van der Waals surface area (Å²) < 4.78 is 30.5. The molecule has 0 bridgehead atoms. The highest BCUT2D eigenvalue weighted by molar-refractivity contribution is 5.26. The van der Waals surface area contributed by atoms with Gasteiger partial charge < -0.3 is 4.74 Å². The van der Waals surface area contributed by atoms with Gasteiger partial charge in [-0.05, 0) is 18.9 Å². The van der Waals surface area contributed by atoms with Crippen LogP contribution in [0.25, 0.3) is 0 Å². The van der Waals surface area contributed by atoms with Gasteiger partial charge in [0.2, 0.25) is 5.88 Å². The number of halogens is 2. The summed E-state index contributed by atoms with van der Waals surface area (Å²) in [7, 11) is 1.45. The van der Waals surface area contributed by atoms with Crippen LogP contribution in [0.5, 0.6) is 5.88 Å². The van der Waals surface area contributed by atoms with E-state index in [1.807, 2.05) is 0 Å². The summed E-state index contributed by atoms with van der Waals surface area (Å²) in [5.41, 5.74) is 0.697. The monoisotopic (exact) mass is 285 g/mol. The van der Waals surface area contributed by atoms with Crippen LogP contribution in [-0.2, 0) is 6.42 Å². The van der Waals surface area contributed by atoms with Crippen LogP contribution in [-0.4, -0.2) is 12.1 Å². The Morgan fingerprint density at radius 2 is 1.70 bits per heavy atom. The fourth-order valence-corrected chi connectivity index (χ4v) is 2.20. The van der Waals surface area contributed by atoms with Gasteiger partial charge in [-0.25, -0.2) is 13.8 Å². The van der Waals surface area contributed by atoms with Gasteiger partial charge in [0, 0.05) is 17.3 Å². The first kappa shape index (κ1) is 16.9. The van der Waals surface area contributed by atoms with E-state index in [4.69, 9.17) is 4.74 Å². The third-order valence-corrected chi connectivity index (χ3v) is 3.37. The van der Waals surface area contributed by atoms with E-state index in [2.05, 4.69) is 11.9 Å². The Balaban J connectivity index is 2.37. The van der Waals surface area contributed by atoms with Crippen molar-refractivity contribution < 1.29 is 13.5 Å². The lowest BCUT2D eigenvalue weighted by Crippen LogP contribution is -1.98. The van der Waals surface area contributed by atoms with Crippen molar-refractivity contribution in [2.24, 2.45) is 0 Å². The molecule has 0 unspecified atom stereocenters. The highest BCUT2D eigenvalue weighted by atomic mass is 19.3. The number of pyridine rings is 1. The largest absolute Gasteiger partial charge is 0.481 e. The van der Waals surface area contributed by atoms with E-state index >= 15 is 0 Å². The van der Waals surface area contributed by atoms with Crippen molar-refractivity contribution in [2.45, 2.75) is 64.7 Å². The van der Waals surface area contributed by atoms with Crippen molar-refractivity contribution in [3.8, 4) is 5.88 Å². The highest BCUT2D eigenvalue weighted by Crippen LogP contribution is 2.23. The summed E-state index contributed by atoms with van der Waals surface area (Å²) in [6.07, 6.45) is 6.72. The van der Waals surface area contributed by atoms with Gasteiger partial charge in [-0.15, -0.1) is 0 Å². The van der Waals surface area contributed by atoms with Crippen LogP contribution in [0, 0.1) is 0 Å². The molecule has 0 saturated carbocycles. The zero-order valence-corrected chi connectivity index (χ0v) is 12.5. The number of unbranched alkanes of at least 4 members (excludes halogenated alkanes) is 6. The van der Waals surface area contributed by atoms with E-state index in [1.165, 1.54) is 51.3 Å². The number of hydrogen-bond acceptors (Lipinski definition) is 2. The van der Waals surface area contributed by atoms with E-state index < -0.39 is 6.43 Å². The standard InChI is InChI=1S/C16H25F2NO/c1-3-4-5-6-7-8-9-10-14-11-13(16(17)18)12-15(19-14)20-2/h11-12,16H,3-10H2,1-2H3. The Bertz CT molecular complexity index is 383. The maximum Gasteiger partial charge on any atom is 0.264 e. The lowest BCUT2D eigenvalue weighted by Gasteiger charge is -2.07. The van der Waals surface area contributed by atoms with Crippen molar-refractivity contribution >= 4 is 0 Å². The Kier molecular flexibility index (Phi) is 8.16. The zero-order valence-electron chi connectivity index (χ0n) is 12.5. The average Bonchev–Trinajstić information content (AvgIpc) is 2.46. The first-order valence-electron chi connectivity index (χ1n) is 7.50. The second kappa shape index (κ2) is 9.67. The molecule has 0 spiro atoms. The molecule has 1 aromatic heterocycles. The molecule has 0 amide bonds. The van der Waals surface area contributed by atoms with Crippen LogP contribution in [0.15, 0.2) is 12.1 Å². The average molecular weight is 285 g/mol. The molecule has 0 radical (unpaired) electrons. The van der Waals surface area contributed by atoms with Gasteiger partial charge in [0.05, 0.1) is 7.11 Å². The topological polar surface area (TPSA) is 22.1 Å². The van der Waals surface area contributed by atoms with Crippen molar-refractivity contribution in [3.05, 3.63) is 23.4 Å². The van der Waals surface area contributed by atoms with Gasteiger partial charge >= 0.3 is 0 Å². The molecule has 0 aromatic carbocycles. The molecule has 1 heterocycles. The minimum atomic E-state index is -2.47. The van der Waals surface area contributed by atoms with Crippen LogP contribution >= 0.6 is 0 Å². The number of aromatic nitrogens is 1. The first-order chi connectivity index (χ1) is 9.67. The first-order valence-corrected chi connectivity index (χ1v) is 7.50. The Morgan fingerprint density at radius 1 is 1.05 bits per heavy atom. The molecule has 4 heteroatoms. The molecule has 1 aromatic rings. The smallest absolute Gasteiger partial charge is 0.264 e. The van der Waals surface area contributed by atoms with Gasteiger partial charge in [-0.1, -0.05) is 45.4 Å². The molecule has 1 rings (SSSR count). The summed E-state index contributed by atoms with van der Waals surface area (Å²) in [6, 6.07) is 2.79. The molecular weight excluding hydrogens is 260 g/mol. The molecule has 0 fully saturated rings. The van der Waals surface area contributed by atoms with E-state index in [0.29, 0.717) is 5.69 Å². The molecule has 0 atom stereocenters. The number of hydrogen-bond donors (Lipinski definition) is 0. The van der Waals surface area contributed by atoms with Gasteiger partial charge in [0.15, 0.2) is 0 Å². The number of aryl methyl sites for hydroxylation is 1. The highest BCUT2D eigenvalue weighted by Gasteiger charge is 2.11. The molecule has 2 nitrogen and oxygen atoms in total. The lowest BCUT2D eigenvalue weighted by molar-refractivity contribution is 0.150. The summed E-state index contributed by atoms with van der Waals surface area (Å²) in [5.74, 6) is 0.278. The van der Waals surface area contributed by atoms with Crippen LogP contribution < -0.4 is 4.74 Å². The Hall–Kier alpha value is -1.19. The van der Waals surface area contributed by atoms with Gasteiger partial charge in [0.25, 0.3) is 6.43 Å². The van der Waals surface area contributed by atoms with Crippen molar-refractivity contribution in [2.75, 3.05) is 7.11 Å². The van der Waals surface area contributed by atoms with Gasteiger partial charge in [-0.2, -0.15) is 0 Å². The third-order valence-electron chi connectivity index (χ3n) is 3.37. The third kappa shape index (κ3) is 6.31. The molecule has 0 N–H and O–H groups in total. The Labute approximate surface area is 120 Å². The fourth-order valence-electron chi connectivity index (χ4n) is 2.20. The predicted octanol–water partition coefficient (Wildman–Crippen LogP) is 5.32. The minimum absolute atomic E-state index is 0.00482. The van der Waals surface area contributed by atoms with Crippen LogP contribution in [0.1, 0.15) is 69.6 Å². The van der Waals surface area contributed by atoms with E-state index in [1.54, 1.807) is 0 Å². The molecule has 0 aliphatic heterocycles. The quantitative estimate of drug-likeness (QED) is 0.543. The SMILES string of the molecule is CCCCCCCCCc1cc(C(F)F)cc(OC)n1. The molecule has 114 valence electrons. The molecule has 0 aliphatic carbocycles. The van der Waals surface area contributed by atoms with Gasteiger partial charge in [0.1, 0.15) is 0 Å². The van der Waals surface area contributed by atoms with Crippen LogP contribution in [0.3, 0.4) is 0 Å². The zero-order chi connectivity index (χ0) is 14.8. The maximum absolute atomic E-state index is 12.7. The molecule has 20 heavy (non-hydrogen) atoms. The summed E-state index contributed by atoms with van der Waals surface area (Å²) in [5, 5.41) is 0. The van der Waals surface area contributed by atoms with E-state index in [9.17, 15) is 8.78 Å². The number of alkyl halides is 2. The second-order valence-corrected chi connectivity index (χ2v) is 5.11. The van der Waals surface area contributed by atoms with Crippen LogP contribution in [0.4, 0.5) is 8.78 Å². The van der Waals surface area contributed by atoms with Crippen molar-refractivity contribution in [1.82, 2.24) is 4.98 Å². The van der Waals surface area contributed by atoms with Gasteiger partial charge in [-0.3, -0.25) is 0 Å². The van der Waals surface area contributed by atoms with Crippen LogP contribution in [0.2, 0.25) is 0 Å². The number of nitrogens with zero attached hydrogens (tertiary/aromatic N) is 1. The normalized spacial score (nSPS) is 11.1. The van der Waals surface area contributed by atoms with Crippen molar-refractivity contribution in [3.63, 3.8) is 0 Å². The second-order valence-electron chi connectivity index (χ2n) is 5.11.